The van der Waals surface area contributed by atoms with E-state index in [4.69, 9.17) is 0 Å². The second-order valence-electron chi connectivity index (χ2n) is 6.09. The van der Waals surface area contributed by atoms with Gasteiger partial charge in [0.15, 0.2) is 0 Å². The Morgan fingerprint density at radius 1 is 1.00 bits per heavy atom. The summed E-state index contributed by atoms with van der Waals surface area (Å²) in [5.74, 6) is 1.30. The van der Waals surface area contributed by atoms with Gasteiger partial charge in [-0.25, -0.2) is 0 Å². The maximum Gasteiger partial charge on any atom is 0.0499 e. The van der Waals surface area contributed by atoms with Gasteiger partial charge < -0.3 is 10.0 Å². The number of hydrogen-bond acceptors (Lipinski definition) is 2. The van der Waals surface area contributed by atoms with Crippen molar-refractivity contribution in [1.29, 1.82) is 0 Å². The van der Waals surface area contributed by atoms with E-state index in [1.165, 1.54) is 0 Å². The van der Waals surface area contributed by atoms with Crippen LogP contribution < -0.4 is 0 Å². The molecule has 0 saturated heterocycles. The molecule has 0 aliphatic rings. The number of aliphatic hydroxyl groups excluding tert-OH is 1. The highest BCUT2D eigenvalue weighted by Gasteiger charge is 2.31. The molecule has 0 aliphatic carbocycles. The molecule has 0 aromatic heterocycles. The summed E-state index contributed by atoms with van der Waals surface area (Å²) in [5, 5.41) is 9.70. The van der Waals surface area contributed by atoms with Crippen molar-refractivity contribution < 1.29 is 5.11 Å². The van der Waals surface area contributed by atoms with E-state index in [0.717, 1.165) is 19.4 Å². The molecule has 2 nitrogen and oxygen atoms in total. The van der Waals surface area contributed by atoms with Crippen LogP contribution in [0.15, 0.2) is 0 Å². The minimum atomic E-state index is 0.0891. The van der Waals surface area contributed by atoms with Crippen LogP contribution >= 0.6 is 0 Å². The maximum atomic E-state index is 9.70. The molecule has 0 fully saturated rings. The highest BCUT2D eigenvalue weighted by Crippen LogP contribution is 2.33. The first-order chi connectivity index (χ1) is 6.81. The molecular formula is C13H29NO. The van der Waals surface area contributed by atoms with Gasteiger partial charge in [-0.1, -0.05) is 27.7 Å². The first-order valence-corrected chi connectivity index (χ1v) is 6.07. The van der Waals surface area contributed by atoms with Gasteiger partial charge in [0.05, 0.1) is 0 Å². The standard InChI is InChI=1S/C13H29NO/c1-11(2)7-13(10-15,8-12(3)4)9-14(5)6/h11-12,15H,7-10H2,1-6H3. The average Bonchev–Trinajstić information content (AvgIpc) is 1.99. The van der Waals surface area contributed by atoms with Crippen molar-refractivity contribution in [1.82, 2.24) is 4.90 Å². The first-order valence-electron chi connectivity index (χ1n) is 6.07. The molecule has 0 unspecified atom stereocenters. The van der Waals surface area contributed by atoms with Crippen LogP contribution in [0.4, 0.5) is 0 Å². The maximum absolute atomic E-state index is 9.70. The van der Waals surface area contributed by atoms with Gasteiger partial charge in [-0.05, 0) is 38.8 Å². The summed E-state index contributed by atoms with van der Waals surface area (Å²) in [5.41, 5.74) is 0.0891. The minimum absolute atomic E-state index is 0.0891. The van der Waals surface area contributed by atoms with Gasteiger partial charge in [-0.15, -0.1) is 0 Å². The fourth-order valence-electron chi connectivity index (χ4n) is 2.79. The third-order valence-corrected chi connectivity index (χ3v) is 2.67. The Morgan fingerprint density at radius 3 is 1.60 bits per heavy atom. The smallest absolute Gasteiger partial charge is 0.0499 e. The Balaban J connectivity index is 4.59. The minimum Gasteiger partial charge on any atom is -0.396 e. The fraction of sp³-hybridized carbons (Fsp3) is 1.00. The molecule has 0 aromatic carbocycles. The van der Waals surface area contributed by atoms with E-state index in [9.17, 15) is 5.11 Å². The molecule has 0 spiro atoms. The van der Waals surface area contributed by atoms with Crippen molar-refractivity contribution in [2.24, 2.45) is 17.3 Å². The SMILES string of the molecule is CC(C)CC(CO)(CC(C)C)CN(C)C. The van der Waals surface area contributed by atoms with Crippen LogP contribution in [-0.4, -0.2) is 37.3 Å². The molecular weight excluding hydrogens is 186 g/mol. The third-order valence-electron chi connectivity index (χ3n) is 2.67. The van der Waals surface area contributed by atoms with Crippen molar-refractivity contribution in [3.63, 3.8) is 0 Å². The summed E-state index contributed by atoms with van der Waals surface area (Å²) in [6, 6.07) is 0. The van der Waals surface area contributed by atoms with Gasteiger partial charge >= 0.3 is 0 Å². The van der Waals surface area contributed by atoms with Crippen LogP contribution in [-0.2, 0) is 0 Å². The van der Waals surface area contributed by atoms with Gasteiger partial charge in [0.25, 0.3) is 0 Å². The lowest BCUT2D eigenvalue weighted by Gasteiger charge is -2.37. The molecule has 0 bridgehead atoms. The van der Waals surface area contributed by atoms with Gasteiger partial charge in [0, 0.05) is 18.6 Å². The van der Waals surface area contributed by atoms with Gasteiger partial charge in [-0.2, -0.15) is 0 Å². The summed E-state index contributed by atoms with van der Waals surface area (Å²) in [7, 11) is 4.18. The molecule has 15 heavy (non-hydrogen) atoms. The highest BCUT2D eigenvalue weighted by atomic mass is 16.3. The third kappa shape index (κ3) is 6.16. The van der Waals surface area contributed by atoms with E-state index in [1.54, 1.807) is 0 Å². The van der Waals surface area contributed by atoms with Crippen LogP contribution in [0, 0.1) is 17.3 Å². The molecule has 2 heteroatoms. The summed E-state index contributed by atoms with van der Waals surface area (Å²) >= 11 is 0. The lowest BCUT2D eigenvalue weighted by atomic mass is 9.74. The fourth-order valence-corrected chi connectivity index (χ4v) is 2.79. The number of nitrogens with zero attached hydrogens (tertiary/aromatic N) is 1. The molecule has 0 heterocycles. The zero-order valence-corrected chi connectivity index (χ0v) is 11.4. The van der Waals surface area contributed by atoms with Crippen molar-refractivity contribution in [2.45, 2.75) is 40.5 Å². The number of rotatable bonds is 7. The molecule has 1 N–H and O–H groups in total. The Hall–Kier alpha value is -0.0800. The molecule has 0 rings (SSSR count). The van der Waals surface area contributed by atoms with E-state index in [0.29, 0.717) is 18.4 Å². The second kappa shape index (κ2) is 6.49. The molecule has 92 valence electrons. The molecule has 0 amide bonds. The Bertz CT molecular complexity index is 137. The van der Waals surface area contributed by atoms with Crippen molar-refractivity contribution in [2.75, 3.05) is 27.2 Å². The zero-order valence-electron chi connectivity index (χ0n) is 11.4. The summed E-state index contributed by atoms with van der Waals surface area (Å²) in [4.78, 5) is 2.20. The van der Waals surface area contributed by atoms with Gasteiger partial charge in [0.2, 0.25) is 0 Å². The second-order valence-corrected chi connectivity index (χ2v) is 6.09. The molecule has 0 aromatic rings. The molecule has 0 atom stereocenters. The molecule has 0 saturated carbocycles. The number of aliphatic hydroxyl groups is 1. The lowest BCUT2D eigenvalue weighted by Crippen LogP contribution is -2.39. The quantitative estimate of drug-likeness (QED) is 0.705. The van der Waals surface area contributed by atoms with E-state index in [1.807, 2.05) is 0 Å². The Labute approximate surface area is 95.7 Å². The monoisotopic (exact) mass is 215 g/mol. The normalized spacial score (nSPS) is 13.2. The van der Waals surface area contributed by atoms with Gasteiger partial charge in [-0.3, -0.25) is 0 Å². The van der Waals surface area contributed by atoms with Crippen LogP contribution in [0.3, 0.4) is 0 Å². The van der Waals surface area contributed by atoms with Crippen molar-refractivity contribution >= 4 is 0 Å². The van der Waals surface area contributed by atoms with Crippen molar-refractivity contribution in [3.8, 4) is 0 Å². The Morgan fingerprint density at radius 2 is 1.40 bits per heavy atom. The van der Waals surface area contributed by atoms with Gasteiger partial charge in [0.1, 0.15) is 0 Å². The van der Waals surface area contributed by atoms with E-state index in [-0.39, 0.29) is 5.41 Å². The van der Waals surface area contributed by atoms with Crippen LogP contribution in [0.5, 0.6) is 0 Å². The summed E-state index contributed by atoms with van der Waals surface area (Å²) < 4.78 is 0. The first kappa shape index (κ1) is 14.9. The van der Waals surface area contributed by atoms with E-state index >= 15 is 0 Å². The van der Waals surface area contributed by atoms with Crippen molar-refractivity contribution in [3.05, 3.63) is 0 Å². The summed E-state index contributed by atoms with van der Waals surface area (Å²) in [6.07, 6.45) is 2.22. The zero-order chi connectivity index (χ0) is 12.1. The molecule has 0 radical (unpaired) electrons. The van der Waals surface area contributed by atoms with Crippen LogP contribution in [0.2, 0.25) is 0 Å². The average molecular weight is 215 g/mol. The summed E-state index contributed by atoms with van der Waals surface area (Å²) in [6.45, 7) is 10.2. The number of hydrogen-bond donors (Lipinski definition) is 1. The molecule has 0 aliphatic heterocycles. The van der Waals surface area contributed by atoms with E-state index in [2.05, 4.69) is 46.7 Å². The highest BCUT2D eigenvalue weighted by molar-refractivity contribution is 4.83. The van der Waals surface area contributed by atoms with Crippen LogP contribution in [0.25, 0.3) is 0 Å². The van der Waals surface area contributed by atoms with E-state index < -0.39 is 0 Å². The predicted octanol–water partition coefficient (Wildman–Crippen LogP) is 2.62. The largest absolute Gasteiger partial charge is 0.396 e. The lowest BCUT2D eigenvalue weighted by molar-refractivity contribution is 0.0513. The topological polar surface area (TPSA) is 23.5 Å². The predicted molar refractivity (Wildman–Crippen MR) is 67.0 cm³/mol. The Kier molecular flexibility index (Phi) is 6.46. The van der Waals surface area contributed by atoms with Crippen LogP contribution in [0.1, 0.15) is 40.5 Å².